The summed E-state index contributed by atoms with van der Waals surface area (Å²) in [4.78, 5) is 0. The largest absolute Gasteiger partial charge is 0.346 e. The van der Waals surface area contributed by atoms with Crippen LogP contribution in [0.5, 0.6) is 0 Å². The Morgan fingerprint density at radius 2 is 1.68 bits per heavy atom. The van der Waals surface area contributed by atoms with Crippen LogP contribution in [-0.2, 0) is 9.47 Å². The maximum absolute atomic E-state index is 5.53. The van der Waals surface area contributed by atoms with Crippen LogP contribution in [0.3, 0.4) is 0 Å². The minimum atomic E-state index is -0.197. The van der Waals surface area contributed by atoms with Gasteiger partial charge in [-0.2, -0.15) is 0 Å². The second-order valence-corrected chi connectivity index (χ2v) is 5.57. The summed E-state index contributed by atoms with van der Waals surface area (Å²) >= 11 is 3.46. The molecule has 0 saturated carbocycles. The first-order valence-electron chi connectivity index (χ1n) is 6.34. The van der Waals surface area contributed by atoms with E-state index in [2.05, 4.69) is 65.3 Å². The van der Waals surface area contributed by atoms with Gasteiger partial charge in [0, 0.05) is 10.0 Å². The van der Waals surface area contributed by atoms with Gasteiger partial charge in [-0.25, -0.2) is 0 Å². The Hall–Kier alpha value is -1.16. The second-order valence-electron chi connectivity index (χ2n) is 4.65. The predicted octanol–water partition coefficient (Wildman–Crippen LogP) is 4.47. The van der Waals surface area contributed by atoms with Crippen molar-refractivity contribution < 1.29 is 9.47 Å². The number of aryl methyl sites for hydroxylation is 1. The van der Waals surface area contributed by atoms with Gasteiger partial charge in [-0.05, 0) is 35.7 Å². The summed E-state index contributed by atoms with van der Waals surface area (Å²) in [5.74, 6) is 0. The molecule has 0 atom stereocenters. The van der Waals surface area contributed by atoms with Gasteiger partial charge in [-0.15, -0.1) is 0 Å². The zero-order chi connectivity index (χ0) is 13.2. The van der Waals surface area contributed by atoms with Gasteiger partial charge in [0.05, 0.1) is 13.2 Å². The molecule has 0 aliphatic carbocycles. The quantitative estimate of drug-likeness (QED) is 0.813. The molecule has 0 radical (unpaired) electrons. The molecule has 0 spiro atoms. The first kappa shape index (κ1) is 12.9. The van der Waals surface area contributed by atoms with E-state index in [4.69, 9.17) is 9.47 Å². The average Bonchev–Trinajstić information content (AvgIpc) is 2.94. The predicted molar refractivity (Wildman–Crippen MR) is 79.0 cm³/mol. The van der Waals surface area contributed by atoms with Crippen molar-refractivity contribution in [3.63, 3.8) is 0 Å². The lowest BCUT2D eigenvalue weighted by Gasteiger charge is -2.13. The highest BCUT2D eigenvalue weighted by atomic mass is 79.9. The van der Waals surface area contributed by atoms with E-state index in [1.165, 1.54) is 16.7 Å². The van der Waals surface area contributed by atoms with E-state index in [1.807, 2.05) is 0 Å². The molecule has 98 valence electrons. The van der Waals surface area contributed by atoms with E-state index in [9.17, 15) is 0 Å². The highest BCUT2D eigenvalue weighted by molar-refractivity contribution is 9.10. The molecule has 0 N–H and O–H groups in total. The third-order valence-electron chi connectivity index (χ3n) is 3.30. The lowest BCUT2D eigenvalue weighted by Crippen LogP contribution is -1.98. The fourth-order valence-corrected chi connectivity index (χ4v) is 2.60. The zero-order valence-corrected chi connectivity index (χ0v) is 12.3. The van der Waals surface area contributed by atoms with Crippen molar-refractivity contribution in [2.75, 3.05) is 13.2 Å². The van der Waals surface area contributed by atoms with Gasteiger partial charge >= 0.3 is 0 Å². The molecule has 1 aliphatic rings. The molecule has 1 aliphatic heterocycles. The molecule has 0 amide bonds. The average molecular weight is 319 g/mol. The topological polar surface area (TPSA) is 18.5 Å². The summed E-state index contributed by atoms with van der Waals surface area (Å²) in [6, 6.07) is 14.7. The number of rotatable bonds is 2. The standard InChI is InChI=1S/C16H15BrO2/c1-11-10-13(16-18-8-9-19-16)4-7-15(11)12-2-5-14(17)6-3-12/h2-7,10,16H,8-9H2,1H3. The Kier molecular flexibility index (Phi) is 3.69. The molecule has 1 saturated heterocycles. The fourth-order valence-electron chi connectivity index (χ4n) is 2.34. The van der Waals surface area contributed by atoms with Crippen LogP contribution >= 0.6 is 15.9 Å². The van der Waals surface area contributed by atoms with Gasteiger partial charge in [-0.1, -0.05) is 46.3 Å². The van der Waals surface area contributed by atoms with E-state index in [0.29, 0.717) is 13.2 Å². The Labute approximate surface area is 121 Å². The van der Waals surface area contributed by atoms with Crippen molar-refractivity contribution in [1.29, 1.82) is 0 Å². The summed E-state index contributed by atoms with van der Waals surface area (Å²) in [7, 11) is 0. The summed E-state index contributed by atoms with van der Waals surface area (Å²) in [5.41, 5.74) is 4.80. The first-order valence-corrected chi connectivity index (χ1v) is 7.13. The maximum Gasteiger partial charge on any atom is 0.184 e. The SMILES string of the molecule is Cc1cc(C2OCCO2)ccc1-c1ccc(Br)cc1. The van der Waals surface area contributed by atoms with Crippen LogP contribution in [0.2, 0.25) is 0 Å². The minimum Gasteiger partial charge on any atom is -0.346 e. The van der Waals surface area contributed by atoms with Gasteiger partial charge in [0.2, 0.25) is 0 Å². The maximum atomic E-state index is 5.53. The monoisotopic (exact) mass is 318 g/mol. The fraction of sp³-hybridized carbons (Fsp3) is 0.250. The molecule has 3 rings (SSSR count). The Morgan fingerprint density at radius 1 is 1.00 bits per heavy atom. The van der Waals surface area contributed by atoms with Crippen molar-refractivity contribution >= 4 is 15.9 Å². The van der Waals surface area contributed by atoms with Crippen molar-refractivity contribution in [2.45, 2.75) is 13.2 Å². The summed E-state index contributed by atoms with van der Waals surface area (Å²) in [5, 5.41) is 0. The Bertz CT molecular complexity index is 572. The van der Waals surface area contributed by atoms with Gasteiger partial charge < -0.3 is 9.47 Å². The molecule has 3 heteroatoms. The summed E-state index contributed by atoms with van der Waals surface area (Å²) in [6.45, 7) is 3.48. The third kappa shape index (κ3) is 2.73. The van der Waals surface area contributed by atoms with Crippen LogP contribution in [0.25, 0.3) is 11.1 Å². The molecule has 1 fully saturated rings. The lowest BCUT2D eigenvalue weighted by molar-refractivity contribution is -0.0441. The van der Waals surface area contributed by atoms with E-state index in [1.54, 1.807) is 0 Å². The number of hydrogen-bond acceptors (Lipinski definition) is 2. The van der Waals surface area contributed by atoms with E-state index >= 15 is 0 Å². The molecular formula is C16H15BrO2. The van der Waals surface area contributed by atoms with Crippen LogP contribution < -0.4 is 0 Å². The molecule has 19 heavy (non-hydrogen) atoms. The molecule has 2 nitrogen and oxygen atoms in total. The third-order valence-corrected chi connectivity index (χ3v) is 3.83. The zero-order valence-electron chi connectivity index (χ0n) is 10.7. The number of ether oxygens (including phenoxy) is 2. The molecule has 0 bridgehead atoms. The van der Waals surface area contributed by atoms with Gasteiger partial charge in [0.25, 0.3) is 0 Å². The molecule has 0 unspecified atom stereocenters. The van der Waals surface area contributed by atoms with Gasteiger partial charge in [-0.3, -0.25) is 0 Å². The van der Waals surface area contributed by atoms with Gasteiger partial charge in [0.15, 0.2) is 6.29 Å². The minimum absolute atomic E-state index is 0.197. The highest BCUT2D eigenvalue weighted by Gasteiger charge is 2.18. The number of hydrogen-bond donors (Lipinski definition) is 0. The smallest absolute Gasteiger partial charge is 0.184 e. The van der Waals surface area contributed by atoms with Crippen LogP contribution in [0.15, 0.2) is 46.9 Å². The van der Waals surface area contributed by atoms with E-state index in [-0.39, 0.29) is 6.29 Å². The summed E-state index contributed by atoms with van der Waals surface area (Å²) in [6.07, 6.45) is -0.197. The first-order chi connectivity index (χ1) is 9.24. The highest BCUT2D eigenvalue weighted by Crippen LogP contribution is 2.30. The summed E-state index contributed by atoms with van der Waals surface area (Å²) < 4.78 is 12.1. The molecule has 1 heterocycles. The van der Waals surface area contributed by atoms with Crippen LogP contribution in [0, 0.1) is 6.92 Å². The van der Waals surface area contributed by atoms with Crippen LogP contribution in [0.4, 0.5) is 0 Å². The van der Waals surface area contributed by atoms with E-state index in [0.717, 1.165) is 10.0 Å². The molecule has 0 aromatic heterocycles. The van der Waals surface area contributed by atoms with Crippen LogP contribution in [-0.4, -0.2) is 13.2 Å². The molecule has 2 aromatic carbocycles. The second kappa shape index (κ2) is 5.45. The van der Waals surface area contributed by atoms with E-state index < -0.39 is 0 Å². The van der Waals surface area contributed by atoms with Crippen LogP contribution in [0.1, 0.15) is 17.4 Å². The Morgan fingerprint density at radius 3 is 2.32 bits per heavy atom. The van der Waals surface area contributed by atoms with Crippen molar-refractivity contribution in [2.24, 2.45) is 0 Å². The Balaban J connectivity index is 1.93. The van der Waals surface area contributed by atoms with Gasteiger partial charge in [0.1, 0.15) is 0 Å². The lowest BCUT2D eigenvalue weighted by atomic mass is 9.98. The molecule has 2 aromatic rings. The normalized spacial score (nSPS) is 15.9. The van der Waals surface area contributed by atoms with Crippen molar-refractivity contribution in [1.82, 2.24) is 0 Å². The number of benzene rings is 2. The van der Waals surface area contributed by atoms with Crippen molar-refractivity contribution in [3.8, 4) is 11.1 Å². The molecular weight excluding hydrogens is 304 g/mol. The number of halogens is 1. The van der Waals surface area contributed by atoms with Crippen molar-refractivity contribution in [3.05, 3.63) is 58.1 Å².